The molecule has 0 saturated heterocycles. The molecule has 0 aliphatic heterocycles. The predicted molar refractivity (Wildman–Crippen MR) is 134 cm³/mol. The summed E-state index contributed by atoms with van der Waals surface area (Å²) in [5.74, 6) is 2.20. The number of rotatable bonds is 10. The normalized spacial score (nSPS) is 14.3. The lowest BCUT2D eigenvalue weighted by atomic mass is 10.1. The van der Waals surface area contributed by atoms with Gasteiger partial charge in [-0.05, 0) is 55.5 Å². The summed E-state index contributed by atoms with van der Waals surface area (Å²) in [5, 5.41) is 15.8. The van der Waals surface area contributed by atoms with E-state index in [4.69, 9.17) is 9.84 Å². The van der Waals surface area contributed by atoms with Gasteiger partial charge in [0.05, 0.1) is 23.0 Å². The summed E-state index contributed by atoms with van der Waals surface area (Å²) < 4.78 is 8.33. The molecule has 5 rings (SSSR count). The fourth-order valence-electron chi connectivity index (χ4n) is 4.29. The van der Waals surface area contributed by atoms with E-state index < -0.39 is 6.10 Å². The second-order valence-corrected chi connectivity index (χ2v) is 9.10. The highest BCUT2D eigenvalue weighted by atomic mass is 16.5. The average Bonchev–Trinajstić information content (AvgIpc) is 3.65. The number of benzene rings is 3. The van der Waals surface area contributed by atoms with E-state index in [0.717, 1.165) is 40.7 Å². The van der Waals surface area contributed by atoms with Crippen LogP contribution in [0.15, 0.2) is 91.0 Å². The van der Waals surface area contributed by atoms with E-state index in [1.807, 2.05) is 103 Å². The second kappa shape index (κ2) is 10.2. The lowest BCUT2D eigenvalue weighted by molar-refractivity contribution is 0.105. The van der Waals surface area contributed by atoms with Crippen LogP contribution in [-0.4, -0.2) is 32.9 Å². The topological polar surface area (TPSA) is 50.5 Å². The van der Waals surface area contributed by atoms with Gasteiger partial charge in [-0.1, -0.05) is 66.7 Å². The molecular formula is C29H31N3O2. The quantitative estimate of drug-likeness (QED) is 0.324. The Balaban J connectivity index is 1.47. The van der Waals surface area contributed by atoms with E-state index >= 15 is 0 Å². The zero-order valence-electron chi connectivity index (χ0n) is 19.5. The number of aryl methyl sites for hydroxylation is 1. The Morgan fingerprint density at radius 2 is 1.56 bits per heavy atom. The Bertz CT molecular complexity index is 1190. The molecule has 0 spiro atoms. The molecule has 5 heteroatoms. The van der Waals surface area contributed by atoms with Crippen molar-refractivity contribution in [1.29, 1.82) is 0 Å². The third-order valence-electron chi connectivity index (χ3n) is 6.31. The fraction of sp³-hybridized carbons (Fsp3) is 0.276. The van der Waals surface area contributed by atoms with Crippen molar-refractivity contribution in [3.63, 3.8) is 0 Å². The number of hydrogen-bond acceptors (Lipinski definition) is 4. The van der Waals surface area contributed by atoms with Crippen LogP contribution in [-0.2, 0) is 6.54 Å². The van der Waals surface area contributed by atoms with Crippen molar-refractivity contribution in [2.45, 2.75) is 32.4 Å². The monoisotopic (exact) mass is 453 g/mol. The standard InChI is InChI=1S/C29H31N3O2/c1-22-27(20-31(19-23-17-18-23)21-28(33)24-11-5-2-6-12-24)29(34-26-15-9-4-10-16-26)32(30-22)25-13-7-3-8-14-25/h2-16,23,28,33H,17-21H2,1H3. The zero-order chi connectivity index (χ0) is 23.3. The molecule has 5 nitrogen and oxygen atoms in total. The molecule has 0 radical (unpaired) electrons. The third kappa shape index (κ3) is 5.38. The average molecular weight is 454 g/mol. The minimum Gasteiger partial charge on any atom is -0.439 e. The Morgan fingerprint density at radius 3 is 2.21 bits per heavy atom. The third-order valence-corrected chi connectivity index (χ3v) is 6.31. The number of aliphatic hydroxyl groups is 1. The summed E-state index contributed by atoms with van der Waals surface area (Å²) in [6.45, 7) is 4.24. The highest BCUT2D eigenvalue weighted by Gasteiger charge is 2.28. The van der Waals surface area contributed by atoms with Crippen LogP contribution in [0.5, 0.6) is 11.6 Å². The first-order valence-electron chi connectivity index (χ1n) is 12.0. The van der Waals surface area contributed by atoms with E-state index in [1.54, 1.807) is 0 Å². The molecule has 1 saturated carbocycles. The van der Waals surface area contributed by atoms with Crippen LogP contribution in [0.2, 0.25) is 0 Å². The lowest BCUT2D eigenvalue weighted by Gasteiger charge is -2.25. The Morgan fingerprint density at radius 1 is 0.941 bits per heavy atom. The number of aliphatic hydroxyl groups excluding tert-OH is 1. The second-order valence-electron chi connectivity index (χ2n) is 9.10. The molecule has 1 heterocycles. The van der Waals surface area contributed by atoms with Crippen molar-refractivity contribution in [1.82, 2.24) is 14.7 Å². The molecule has 3 aromatic carbocycles. The van der Waals surface area contributed by atoms with Gasteiger partial charge in [0.1, 0.15) is 5.75 Å². The van der Waals surface area contributed by atoms with Crippen molar-refractivity contribution in [2.24, 2.45) is 5.92 Å². The van der Waals surface area contributed by atoms with Crippen molar-refractivity contribution >= 4 is 0 Å². The molecule has 1 aliphatic rings. The highest BCUT2D eigenvalue weighted by molar-refractivity contribution is 5.43. The van der Waals surface area contributed by atoms with Gasteiger partial charge in [-0.15, -0.1) is 0 Å². The van der Waals surface area contributed by atoms with Crippen LogP contribution in [0, 0.1) is 12.8 Å². The number of hydrogen-bond donors (Lipinski definition) is 1. The number of ether oxygens (including phenoxy) is 1. The van der Waals surface area contributed by atoms with Crippen molar-refractivity contribution in [3.8, 4) is 17.3 Å². The molecule has 1 unspecified atom stereocenters. The molecule has 1 atom stereocenters. The molecular weight excluding hydrogens is 422 g/mol. The van der Waals surface area contributed by atoms with Crippen LogP contribution in [0.25, 0.3) is 5.69 Å². The summed E-state index contributed by atoms with van der Waals surface area (Å²) in [6.07, 6.45) is 1.98. The van der Waals surface area contributed by atoms with Crippen LogP contribution < -0.4 is 4.74 Å². The molecule has 1 N–H and O–H groups in total. The van der Waals surface area contributed by atoms with E-state index in [0.29, 0.717) is 19.0 Å². The molecule has 34 heavy (non-hydrogen) atoms. The maximum Gasteiger partial charge on any atom is 0.227 e. The van der Waals surface area contributed by atoms with Gasteiger partial charge in [0.2, 0.25) is 5.88 Å². The van der Waals surface area contributed by atoms with Gasteiger partial charge >= 0.3 is 0 Å². The number of para-hydroxylation sites is 2. The van der Waals surface area contributed by atoms with Crippen molar-refractivity contribution in [3.05, 3.63) is 108 Å². The molecule has 174 valence electrons. The molecule has 1 aromatic heterocycles. The number of aromatic nitrogens is 2. The van der Waals surface area contributed by atoms with Crippen LogP contribution >= 0.6 is 0 Å². The van der Waals surface area contributed by atoms with Gasteiger partial charge in [-0.2, -0.15) is 5.10 Å². The number of nitrogens with zero attached hydrogens (tertiary/aromatic N) is 3. The fourth-order valence-corrected chi connectivity index (χ4v) is 4.29. The first-order valence-corrected chi connectivity index (χ1v) is 12.0. The molecule has 0 bridgehead atoms. The molecule has 0 amide bonds. The zero-order valence-corrected chi connectivity index (χ0v) is 19.5. The van der Waals surface area contributed by atoms with E-state index in [2.05, 4.69) is 4.90 Å². The Kier molecular flexibility index (Phi) is 6.74. The van der Waals surface area contributed by atoms with E-state index in [9.17, 15) is 5.11 Å². The summed E-state index contributed by atoms with van der Waals surface area (Å²) in [6, 6.07) is 29.8. The first kappa shape index (κ1) is 22.4. The van der Waals surface area contributed by atoms with Crippen LogP contribution in [0.4, 0.5) is 0 Å². The Hall–Kier alpha value is -3.41. The first-order chi connectivity index (χ1) is 16.7. The largest absolute Gasteiger partial charge is 0.439 e. The predicted octanol–water partition coefficient (Wildman–Crippen LogP) is 5.92. The van der Waals surface area contributed by atoms with Gasteiger partial charge in [-0.3, -0.25) is 4.90 Å². The maximum absolute atomic E-state index is 11.0. The maximum atomic E-state index is 11.0. The van der Waals surface area contributed by atoms with Crippen molar-refractivity contribution < 1.29 is 9.84 Å². The minimum absolute atomic E-state index is 0.539. The molecule has 1 aliphatic carbocycles. The SMILES string of the molecule is Cc1nn(-c2ccccc2)c(Oc2ccccc2)c1CN(CC1CC1)CC(O)c1ccccc1. The van der Waals surface area contributed by atoms with Gasteiger partial charge in [0.15, 0.2) is 0 Å². The lowest BCUT2D eigenvalue weighted by Crippen LogP contribution is -2.30. The minimum atomic E-state index is -0.539. The summed E-state index contributed by atoms with van der Waals surface area (Å²) >= 11 is 0. The molecule has 4 aromatic rings. The summed E-state index contributed by atoms with van der Waals surface area (Å²) in [4.78, 5) is 2.35. The van der Waals surface area contributed by atoms with Crippen LogP contribution in [0.1, 0.15) is 35.8 Å². The summed E-state index contributed by atoms with van der Waals surface area (Å²) in [7, 11) is 0. The van der Waals surface area contributed by atoms with E-state index in [-0.39, 0.29) is 0 Å². The van der Waals surface area contributed by atoms with Crippen LogP contribution in [0.3, 0.4) is 0 Å². The molecule has 1 fully saturated rings. The van der Waals surface area contributed by atoms with Crippen molar-refractivity contribution in [2.75, 3.05) is 13.1 Å². The Labute approximate surface area is 201 Å². The van der Waals surface area contributed by atoms with Gasteiger partial charge < -0.3 is 9.84 Å². The highest BCUT2D eigenvalue weighted by Crippen LogP contribution is 2.34. The van der Waals surface area contributed by atoms with Gasteiger partial charge in [0, 0.05) is 19.6 Å². The summed E-state index contributed by atoms with van der Waals surface area (Å²) in [5.41, 5.74) is 3.89. The smallest absolute Gasteiger partial charge is 0.227 e. The van der Waals surface area contributed by atoms with Gasteiger partial charge in [-0.25, -0.2) is 4.68 Å². The van der Waals surface area contributed by atoms with Gasteiger partial charge in [0.25, 0.3) is 0 Å². The van der Waals surface area contributed by atoms with E-state index in [1.165, 1.54) is 12.8 Å².